The van der Waals surface area contributed by atoms with Crippen molar-refractivity contribution in [2.75, 3.05) is 56.2 Å². The van der Waals surface area contributed by atoms with Crippen molar-refractivity contribution in [1.82, 2.24) is 9.80 Å². The number of piperazine rings is 1. The number of aryl methyl sites for hydroxylation is 1. The standard InChI is InChI=1S/C44H47ClN6O5S2.Na/c1-48(2)23-22-36(30-57-38-9-4-3-5-10-38)46-41-20-19-39(27-43(41)51(53)54)58(55,56)47-44(52)33-15-21-42-32(26-33)14-18-37-29-49(24-25-50(37)42)28-34-8-6-7-11-40(34)31-12-16-35(45)17-13-31;/h3-13,15-17,19-21,26-27,36-37,46H,14,18,22-25,28-30H2,1-2H3,(H,47,52);/q;+1/p-1/t36-,37-;/m1./s1. The van der Waals surface area contributed by atoms with Gasteiger partial charge in [0.2, 0.25) is 0 Å². The number of sulfonamides is 1. The van der Waals surface area contributed by atoms with Crippen LogP contribution in [0, 0.1) is 10.1 Å². The first-order chi connectivity index (χ1) is 27.9. The molecule has 1 fully saturated rings. The Bertz CT molecular complexity index is 2370. The number of hydrogen-bond acceptors (Lipinski definition) is 10. The Balaban J connectivity index is 0.00000585. The number of nitrogens with one attached hydrogen (secondary N) is 1. The third kappa shape index (κ3) is 11.3. The molecule has 1 N–H and O–H groups in total. The Kier molecular flexibility index (Phi) is 15.2. The van der Waals surface area contributed by atoms with Crippen molar-refractivity contribution in [1.29, 1.82) is 0 Å². The number of benzene rings is 5. The largest absolute Gasteiger partial charge is 1.00 e. The molecule has 0 aromatic heterocycles. The predicted molar refractivity (Wildman–Crippen MR) is 234 cm³/mol. The molecule has 0 unspecified atom stereocenters. The van der Waals surface area contributed by atoms with Crippen LogP contribution in [0.1, 0.15) is 34.3 Å². The summed E-state index contributed by atoms with van der Waals surface area (Å²) in [6, 6.07) is 35.3. The molecule has 59 heavy (non-hydrogen) atoms. The molecular formula is C44H46ClN6NaO5S2. The van der Waals surface area contributed by atoms with Crippen LogP contribution in [0.4, 0.5) is 17.1 Å². The second-order valence-corrected chi connectivity index (χ2v) is 18.1. The Morgan fingerprint density at radius 1 is 0.983 bits per heavy atom. The quantitative estimate of drug-likeness (QED) is 0.0581. The van der Waals surface area contributed by atoms with Crippen molar-refractivity contribution >= 4 is 56.4 Å². The second-order valence-electron chi connectivity index (χ2n) is 15.0. The molecule has 0 aliphatic carbocycles. The normalized spacial score (nSPS) is 15.7. The number of nitro groups is 1. The summed E-state index contributed by atoms with van der Waals surface area (Å²) in [7, 11) is -0.641. The van der Waals surface area contributed by atoms with E-state index in [-0.39, 0.29) is 46.8 Å². The molecular weight excluding hydrogens is 815 g/mol. The first-order valence-electron chi connectivity index (χ1n) is 19.3. The maximum absolute atomic E-state index is 13.5. The van der Waals surface area contributed by atoms with Gasteiger partial charge in [0, 0.05) is 71.3 Å². The smallest absolute Gasteiger partial charge is 0.538 e. The molecule has 302 valence electrons. The van der Waals surface area contributed by atoms with Crippen LogP contribution >= 0.6 is 23.4 Å². The number of thioether (sulfide) groups is 1. The predicted octanol–water partition coefficient (Wildman–Crippen LogP) is 5.98. The molecule has 2 aliphatic heterocycles. The summed E-state index contributed by atoms with van der Waals surface area (Å²) in [5.74, 6) is -0.280. The number of anilines is 2. The zero-order valence-electron chi connectivity index (χ0n) is 33.5. The van der Waals surface area contributed by atoms with Gasteiger partial charge in [-0.15, -0.1) is 11.8 Å². The first-order valence-corrected chi connectivity index (χ1v) is 22.1. The van der Waals surface area contributed by atoms with E-state index in [1.807, 2.05) is 67.5 Å². The van der Waals surface area contributed by atoms with Gasteiger partial charge < -0.3 is 24.6 Å². The molecule has 2 aliphatic rings. The summed E-state index contributed by atoms with van der Waals surface area (Å²) in [5.41, 5.74) is 5.55. The fourth-order valence-corrected chi connectivity index (χ4v) is 9.71. The van der Waals surface area contributed by atoms with Gasteiger partial charge in [-0.3, -0.25) is 15.0 Å². The molecule has 15 heteroatoms. The van der Waals surface area contributed by atoms with Crippen molar-refractivity contribution < 1.29 is 47.7 Å². The summed E-state index contributed by atoms with van der Waals surface area (Å²) >= 11 is 7.78. The number of carbonyl (C=O) groups is 1. The van der Waals surface area contributed by atoms with Crippen LogP contribution in [0.25, 0.3) is 15.8 Å². The van der Waals surface area contributed by atoms with Crippen LogP contribution in [0.2, 0.25) is 5.02 Å². The molecule has 2 heterocycles. The van der Waals surface area contributed by atoms with E-state index in [4.69, 9.17) is 11.6 Å². The SMILES string of the molecule is CN(C)CC[C@H](CSc1ccccc1)Nc1ccc(S(=O)(=O)[N-]C(=O)c2ccc3c(c2)CC[C@@H]2CN(Cc4ccccc4-c4ccc(Cl)cc4)CCN32)cc1[N+](=O)[O-].[Na+]. The van der Waals surface area contributed by atoms with E-state index in [1.165, 1.54) is 23.3 Å². The molecule has 5 aromatic carbocycles. The van der Waals surface area contributed by atoms with Gasteiger partial charge in [-0.2, -0.15) is 0 Å². The van der Waals surface area contributed by atoms with Gasteiger partial charge in [-0.1, -0.05) is 72.3 Å². The number of amides is 1. The van der Waals surface area contributed by atoms with Crippen LogP contribution in [-0.2, 0) is 23.0 Å². The van der Waals surface area contributed by atoms with Crippen molar-refractivity contribution in [3.8, 4) is 11.1 Å². The molecule has 2 atom stereocenters. The van der Waals surface area contributed by atoms with Gasteiger partial charge in [0.25, 0.3) is 5.69 Å². The van der Waals surface area contributed by atoms with E-state index in [0.717, 1.165) is 73.3 Å². The van der Waals surface area contributed by atoms with Gasteiger partial charge in [-0.05, 0) is 111 Å². The van der Waals surface area contributed by atoms with E-state index in [0.29, 0.717) is 23.2 Å². The minimum absolute atomic E-state index is 0. The second kappa shape index (κ2) is 20.1. The molecule has 7 rings (SSSR count). The van der Waals surface area contributed by atoms with Crippen LogP contribution in [-0.4, -0.2) is 87.2 Å². The number of rotatable bonds is 15. The number of hydrogen-bond donors (Lipinski definition) is 1. The molecule has 0 saturated carbocycles. The summed E-state index contributed by atoms with van der Waals surface area (Å²) in [6.45, 7) is 4.15. The van der Waals surface area contributed by atoms with Crippen molar-refractivity contribution in [3.05, 3.63) is 152 Å². The third-order valence-corrected chi connectivity index (χ3v) is 13.3. The molecule has 0 bridgehead atoms. The molecule has 1 saturated heterocycles. The van der Waals surface area contributed by atoms with Crippen LogP contribution < -0.4 is 39.8 Å². The fourth-order valence-electron chi connectivity index (χ4n) is 7.66. The number of halogens is 1. The number of carbonyl (C=O) groups excluding carboxylic acids is 1. The number of nitrogens with zero attached hydrogens (tertiary/aromatic N) is 5. The maximum atomic E-state index is 13.5. The Morgan fingerprint density at radius 2 is 1.73 bits per heavy atom. The zero-order chi connectivity index (χ0) is 40.8. The minimum Gasteiger partial charge on any atom is -0.538 e. The van der Waals surface area contributed by atoms with E-state index >= 15 is 0 Å². The average Bonchev–Trinajstić information content (AvgIpc) is 3.22. The summed E-state index contributed by atoms with van der Waals surface area (Å²) < 4.78 is 30.5. The summed E-state index contributed by atoms with van der Waals surface area (Å²) in [6.07, 6.45) is 2.33. The van der Waals surface area contributed by atoms with E-state index in [9.17, 15) is 23.3 Å². The van der Waals surface area contributed by atoms with Gasteiger partial charge in [0.1, 0.15) is 15.7 Å². The van der Waals surface area contributed by atoms with Crippen molar-refractivity contribution in [2.45, 2.75) is 47.7 Å². The fraction of sp³-hybridized carbons (Fsp3) is 0.295. The Labute approximate surface area is 378 Å². The summed E-state index contributed by atoms with van der Waals surface area (Å²) in [4.78, 5) is 32.6. The summed E-state index contributed by atoms with van der Waals surface area (Å²) in [5, 5.41) is 16.2. The van der Waals surface area contributed by atoms with Crippen LogP contribution in [0.3, 0.4) is 0 Å². The monoisotopic (exact) mass is 860 g/mol. The van der Waals surface area contributed by atoms with Crippen LogP contribution in [0.15, 0.2) is 125 Å². The van der Waals surface area contributed by atoms with Crippen LogP contribution in [0.5, 0.6) is 0 Å². The minimum atomic E-state index is -4.56. The van der Waals surface area contributed by atoms with E-state index in [2.05, 4.69) is 56.2 Å². The van der Waals surface area contributed by atoms with Crippen molar-refractivity contribution in [3.63, 3.8) is 0 Å². The van der Waals surface area contributed by atoms with Gasteiger partial charge in [0.15, 0.2) is 0 Å². The molecule has 5 aromatic rings. The maximum Gasteiger partial charge on any atom is 1.00 e. The average molecular weight is 861 g/mol. The zero-order valence-corrected chi connectivity index (χ0v) is 37.8. The number of fused-ring (bicyclic) bond motifs is 3. The molecule has 1 amide bonds. The number of nitro benzene ring substituents is 1. The van der Waals surface area contributed by atoms with E-state index in [1.54, 1.807) is 23.9 Å². The van der Waals surface area contributed by atoms with Gasteiger partial charge in [-0.25, -0.2) is 8.42 Å². The third-order valence-electron chi connectivity index (χ3n) is 10.7. The van der Waals surface area contributed by atoms with Gasteiger partial charge in [0.05, 0.1) is 15.7 Å². The topological polar surface area (TPSA) is 130 Å². The molecule has 0 radical (unpaired) electrons. The Hall–Kier alpha value is -3.92. The molecule has 0 spiro atoms. The van der Waals surface area contributed by atoms with E-state index < -0.39 is 31.4 Å². The molecule has 11 nitrogen and oxygen atoms in total. The first kappa shape index (κ1) is 44.6. The van der Waals surface area contributed by atoms with Crippen molar-refractivity contribution in [2.24, 2.45) is 0 Å². The van der Waals surface area contributed by atoms with Gasteiger partial charge >= 0.3 is 29.6 Å². The Morgan fingerprint density at radius 3 is 2.47 bits per heavy atom.